The Balaban J connectivity index is 0.949. The van der Waals surface area contributed by atoms with Crippen molar-refractivity contribution in [3.63, 3.8) is 0 Å². The first-order valence-electron chi connectivity index (χ1n) is 18.9. The molecule has 6 heteroatoms. The van der Waals surface area contributed by atoms with E-state index < -0.39 is 0 Å². The fourth-order valence-electron chi connectivity index (χ4n) is 8.16. The van der Waals surface area contributed by atoms with Crippen LogP contribution >= 0.6 is 11.3 Å². The zero-order valence-electron chi connectivity index (χ0n) is 30.3. The normalized spacial score (nSPS) is 11.9. The smallest absolute Gasteiger partial charge is 0.165 e. The largest absolute Gasteiger partial charge is 0.456 e. The minimum Gasteiger partial charge on any atom is -0.456 e. The van der Waals surface area contributed by atoms with Crippen LogP contribution < -0.4 is 0 Å². The highest BCUT2D eigenvalue weighted by Crippen LogP contribution is 2.41. The van der Waals surface area contributed by atoms with Crippen LogP contribution in [0, 0.1) is 0 Å². The average Bonchev–Trinajstić information content (AvgIpc) is 3.96. The Morgan fingerprint density at radius 3 is 1.63 bits per heavy atom. The lowest BCUT2D eigenvalue weighted by Gasteiger charge is -2.11. The van der Waals surface area contributed by atoms with Crippen molar-refractivity contribution in [3.8, 4) is 56.4 Å². The van der Waals surface area contributed by atoms with E-state index in [-0.39, 0.29) is 0 Å². The summed E-state index contributed by atoms with van der Waals surface area (Å²) in [5, 5.41) is 6.70. The highest BCUT2D eigenvalue weighted by molar-refractivity contribution is 7.26. The van der Waals surface area contributed by atoms with Crippen molar-refractivity contribution < 1.29 is 8.83 Å². The van der Waals surface area contributed by atoms with Crippen LogP contribution in [0.25, 0.3) is 120 Å². The molecule has 57 heavy (non-hydrogen) atoms. The van der Waals surface area contributed by atoms with Crippen molar-refractivity contribution in [2.24, 2.45) is 0 Å². The predicted octanol–water partition coefficient (Wildman–Crippen LogP) is 14.4. The van der Waals surface area contributed by atoms with Crippen molar-refractivity contribution >= 4 is 75.4 Å². The van der Waals surface area contributed by atoms with E-state index >= 15 is 0 Å². The summed E-state index contributed by atoms with van der Waals surface area (Å²) in [6, 6.07) is 61.0. The van der Waals surface area contributed by atoms with Crippen LogP contribution in [0.2, 0.25) is 0 Å². The molecular weight excluding hydrogens is 719 g/mol. The van der Waals surface area contributed by atoms with Crippen LogP contribution in [0.1, 0.15) is 0 Å². The summed E-state index contributed by atoms with van der Waals surface area (Å²) in [4.78, 5) is 15.3. The third-order valence-corrected chi connectivity index (χ3v) is 12.2. The number of furan rings is 2. The lowest BCUT2D eigenvalue weighted by Crippen LogP contribution is -2.00. The number of rotatable bonds is 5. The van der Waals surface area contributed by atoms with Crippen LogP contribution in [0.3, 0.4) is 0 Å². The topological polar surface area (TPSA) is 65.0 Å². The molecule has 266 valence electrons. The first-order chi connectivity index (χ1) is 28.2. The SMILES string of the molecule is c1ccc(-c2nc(-c3cccc(-c4cccc(-c5ccc6oc7cc8c(cc7c6c5)oc5ccccc58)c4)c3)nc(-c3cccc4c3sc3ccccc34)n2)cc1. The first-order valence-corrected chi connectivity index (χ1v) is 19.7. The van der Waals surface area contributed by atoms with Gasteiger partial charge in [-0.2, -0.15) is 0 Å². The predicted molar refractivity (Wildman–Crippen MR) is 234 cm³/mol. The molecule has 0 saturated heterocycles. The van der Waals surface area contributed by atoms with Gasteiger partial charge in [0, 0.05) is 58.4 Å². The zero-order chi connectivity index (χ0) is 37.5. The molecule has 0 aliphatic rings. The second-order valence-electron chi connectivity index (χ2n) is 14.4. The third-order valence-electron chi connectivity index (χ3n) is 10.9. The highest BCUT2D eigenvalue weighted by atomic mass is 32.1. The van der Waals surface area contributed by atoms with Crippen LogP contribution in [0.4, 0.5) is 0 Å². The van der Waals surface area contributed by atoms with Gasteiger partial charge in [0.25, 0.3) is 0 Å². The van der Waals surface area contributed by atoms with E-state index in [9.17, 15) is 0 Å². The van der Waals surface area contributed by atoms with Gasteiger partial charge in [-0.05, 0) is 76.9 Å². The lowest BCUT2D eigenvalue weighted by atomic mass is 9.97. The minimum atomic E-state index is 0.630. The molecule has 0 fully saturated rings. The van der Waals surface area contributed by atoms with Crippen LogP contribution in [0.5, 0.6) is 0 Å². The summed E-state index contributed by atoms with van der Waals surface area (Å²) in [5.74, 6) is 1.93. The van der Waals surface area contributed by atoms with Gasteiger partial charge in [0.05, 0.1) is 0 Å². The molecule has 0 aliphatic carbocycles. The van der Waals surface area contributed by atoms with Gasteiger partial charge in [-0.15, -0.1) is 11.3 Å². The Labute approximate surface area is 330 Å². The molecule has 12 aromatic rings. The summed E-state index contributed by atoms with van der Waals surface area (Å²) < 4.78 is 15.0. The van der Waals surface area contributed by atoms with Crippen molar-refractivity contribution in [1.82, 2.24) is 15.0 Å². The Kier molecular flexibility index (Phi) is 7.03. The first kappa shape index (κ1) is 31.9. The van der Waals surface area contributed by atoms with Gasteiger partial charge in [-0.3, -0.25) is 0 Å². The fraction of sp³-hybridized carbons (Fsp3) is 0. The molecule has 0 N–H and O–H groups in total. The van der Waals surface area contributed by atoms with E-state index in [2.05, 4.69) is 127 Å². The molecule has 0 atom stereocenters. The number of hydrogen-bond acceptors (Lipinski definition) is 6. The maximum Gasteiger partial charge on any atom is 0.165 e. The van der Waals surface area contributed by atoms with Gasteiger partial charge >= 0.3 is 0 Å². The number of benzene rings is 8. The number of nitrogens with zero attached hydrogens (tertiary/aromatic N) is 3. The number of thiophene rings is 1. The molecule has 0 spiro atoms. The summed E-state index contributed by atoms with van der Waals surface area (Å²) in [7, 11) is 0. The van der Waals surface area contributed by atoms with E-state index in [0.717, 1.165) is 82.8 Å². The van der Waals surface area contributed by atoms with Gasteiger partial charge in [-0.1, -0.05) is 121 Å². The minimum absolute atomic E-state index is 0.630. The van der Waals surface area contributed by atoms with Gasteiger partial charge < -0.3 is 8.83 Å². The standard InChI is InChI=1S/C51H29N3O2S/c1-2-11-30(12-3-1)49-52-50(54-51(53-49)39-20-10-19-38-37-18-5-7-22-47(37)57-48(38)39)35-16-9-15-33(26-35)31-13-8-14-32(25-31)34-23-24-44-40(27-34)42-29-45-41(28-46(42)56-44)36-17-4-6-21-43(36)55-45/h1-29H. The second-order valence-corrected chi connectivity index (χ2v) is 15.4. The van der Waals surface area contributed by atoms with Gasteiger partial charge in [-0.25, -0.2) is 15.0 Å². The number of aromatic nitrogens is 3. The number of fused-ring (bicyclic) bond motifs is 9. The molecule has 5 nitrogen and oxygen atoms in total. The monoisotopic (exact) mass is 747 g/mol. The molecule has 4 aromatic heterocycles. The Bertz CT molecular complexity index is 3540. The molecule has 0 radical (unpaired) electrons. The highest BCUT2D eigenvalue weighted by Gasteiger charge is 2.18. The van der Waals surface area contributed by atoms with E-state index in [1.165, 1.54) is 20.2 Å². The Morgan fingerprint density at radius 2 is 0.842 bits per heavy atom. The maximum absolute atomic E-state index is 6.37. The van der Waals surface area contributed by atoms with Crippen LogP contribution in [-0.4, -0.2) is 15.0 Å². The number of para-hydroxylation sites is 1. The zero-order valence-corrected chi connectivity index (χ0v) is 31.1. The summed E-state index contributed by atoms with van der Waals surface area (Å²) in [6.07, 6.45) is 0. The van der Waals surface area contributed by atoms with Gasteiger partial charge in [0.1, 0.15) is 22.3 Å². The average molecular weight is 748 g/mol. The van der Waals surface area contributed by atoms with E-state index in [4.69, 9.17) is 23.8 Å². The molecule has 0 aliphatic heterocycles. The number of hydrogen-bond donors (Lipinski definition) is 0. The van der Waals surface area contributed by atoms with Crippen LogP contribution in [-0.2, 0) is 0 Å². The van der Waals surface area contributed by atoms with E-state index in [1.807, 2.05) is 48.5 Å². The third kappa shape index (κ3) is 5.26. The molecule has 0 unspecified atom stereocenters. The molecule has 0 amide bonds. The molecule has 8 aromatic carbocycles. The van der Waals surface area contributed by atoms with Crippen molar-refractivity contribution in [1.29, 1.82) is 0 Å². The summed E-state index contributed by atoms with van der Waals surface area (Å²) >= 11 is 1.78. The van der Waals surface area contributed by atoms with Crippen LogP contribution in [0.15, 0.2) is 185 Å². The summed E-state index contributed by atoms with van der Waals surface area (Å²) in [5.41, 5.74) is 10.7. The van der Waals surface area contributed by atoms with E-state index in [1.54, 1.807) is 11.3 Å². The quantitative estimate of drug-likeness (QED) is 0.175. The van der Waals surface area contributed by atoms with Crippen molar-refractivity contribution in [2.45, 2.75) is 0 Å². The lowest BCUT2D eigenvalue weighted by molar-refractivity contribution is 0.664. The Morgan fingerprint density at radius 1 is 0.316 bits per heavy atom. The molecule has 0 bridgehead atoms. The fourth-order valence-corrected chi connectivity index (χ4v) is 9.37. The molecule has 0 saturated carbocycles. The molecule has 4 heterocycles. The van der Waals surface area contributed by atoms with Gasteiger partial charge in [0.15, 0.2) is 17.5 Å². The second kappa shape index (κ2) is 12.6. The maximum atomic E-state index is 6.37. The Hall–Kier alpha value is -7.41. The summed E-state index contributed by atoms with van der Waals surface area (Å²) in [6.45, 7) is 0. The molecular formula is C51H29N3O2S. The van der Waals surface area contributed by atoms with Crippen molar-refractivity contribution in [2.75, 3.05) is 0 Å². The molecule has 12 rings (SSSR count). The van der Waals surface area contributed by atoms with Gasteiger partial charge in [0.2, 0.25) is 0 Å². The van der Waals surface area contributed by atoms with E-state index in [0.29, 0.717) is 17.5 Å². The van der Waals surface area contributed by atoms with Crippen molar-refractivity contribution in [3.05, 3.63) is 176 Å².